The summed E-state index contributed by atoms with van der Waals surface area (Å²) in [4.78, 5) is 13.8. The van der Waals surface area contributed by atoms with Gasteiger partial charge in [-0.25, -0.2) is 9.97 Å². The topological polar surface area (TPSA) is 53.5 Å². The largest absolute Gasteiger partial charge is 0.495 e. The highest BCUT2D eigenvalue weighted by atomic mass is 35.5. The zero-order chi connectivity index (χ0) is 17.8. The van der Waals surface area contributed by atoms with Crippen molar-refractivity contribution in [3.05, 3.63) is 29.3 Å². The number of nitrogens with one attached hydrogen (secondary N) is 1. The van der Waals surface area contributed by atoms with Gasteiger partial charge in [-0.3, -0.25) is 0 Å². The van der Waals surface area contributed by atoms with Crippen molar-refractivity contribution in [2.45, 2.75) is 5.16 Å². The highest BCUT2D eigenvalue weighted by Crippen LogP contribution is 2.29. The number of ether oxygens (including phenoxy) is 1. The van der Waals surface area contributed by atoms with Gasteiger partial charge in [0.1, 0.15) is 17.4 Å². The summed E-state index contributed by atoms with van der Waals surface area (Å²) in [5.74, 6) is 2.36. The molecule has 1 aromatic carbocycles. The predicted octanol–water partition coefficient (Wildman–Crippen LogP) is 3.36. The summed E-state index contributed by atoms with van der Waals surface area (Å²) in [5, 5.41) is 4.63. The van der Waals surface area contributed by atoms with E-state index in [-0.39, 0.29) is 0 Å². The second kappa shape index (κ2) is 8.12. The fraction of sp³-hybridized carbons (Fsp3) is 0.412. The molecule has 1 saturated heterocycles. The average Bonchev–Trinajstić information content (AvgIpc) is 2.62. The van der Waals surface area contributed by atoms with E-state index in [4.69, 9.17) is 16.3 Å². The van der Waals surface area contributed by atoms with Gasteiger partial charge >= 0.3 is 0 Å². The molecular weight excluding hydrogens is 358 g/mol. The number of anilines is 3. The molecule has 1 fully saturated rings. The van der Waals surface area contributed by atoms with Crippen molar-refractivity contribution in [1.29, 1.82) is 0 Å². The molecule has 1 N–H and O–H groups in total. The molecule has 3 rings (SSSR count). The lowest BCUT2D eigenvalue weighted by Crippen LogP contribution is -2.44. The van der Waals surface area contributed by atoms with E-state index in [0.29, 0.717) is 10.8 Å². The molecule has 2 heterocycles. The van der Waals surface area contributed by atoms with Gasteiger partial charge < -0.3 is 19.9 Å². The molecule has 0 atom stereocenters. The van der Waals surface area contributed by atoms with Crippen LogP contribution in [0.15, 0.2) is 29.4 Å². The van der Waals surface area contributed by atoms with E-state index in [1.54, 1.807) is 7.11 Å². The van der Waals surface area contributed by atoms with Crippen molar-refractivity contribution >= 4 is 40.7 Å². The number of likely N-dealkylation sites (N-methyl/N-ethyl adjacent to an activating group) is 1. The van der Waals surface area contributed by atoms with E-state index >= 15 is 0 Å². The molecule has 0 aliphatic carbocycles. The zero-order valence-electron chi connectivity index (χ0n) is 14.6. The minimum Gasteiger partial charge on any atom is -0.495 e. The Morgan fingerprint density at radius 1 is 1.16 bits per heavy atom. The molecule has 25 heavy (non-hydrogen) atoms. The van der Waals surface area contributed by atoms with E-state index in [9.17, 15) is 0 Å². The third kappa shape index (κ3) is 4.48. The minimum atomic E-state index is 0.561. The van der Waals surface area contributed by atoms with Crippen LogP contribution in [-0.2, 0) is 0 Å². The SMILES string of the molecule is COc1ccc(Nc2cc(N3CCN(C)CC3)nc(SC)n2)cc1Cl. The Kier molecular flexibility index (Phi) is 5.88. The lowest BCUT2D eigenvalue weighted by atomic mass is 10.3. The molecule has 1 aromatic heterocycles. The molecule has 0 bridgehead atoms. The number of nitrogens with zero attached hydrogens (tertiary/aromatic N) is 4. The summed E-state index contributed by atoms with van der Waals surface area (Å²) in [6, 6.07) is 7.57. The van der Waals surface area contributed by atoms with Gasteiger partial charge in [0, 0.05) is 37.9 Å². The Morgan fingerprint density at radius 2 is 1.92 bits per heavy atom. The fourth-order valence-corrected chi connectivity index (χ4v) is 3.29. The number of halogens is 1. The van der Waals surface area contributed by atoms with Crippen molar-refractivity contribution in [1.82, 2.24) is 14.9 Å². The number of hydrogen-bond acceptors (Lipinski definition) is 7. The van der Waals surface area contributed by atoms with Crippen LogP contribution in [0, 0.1) is 0 Å². The third-order valence-electron chi connectivity index (χ3n) is 4.13. The van der Waals surface area contributed by atoms with E-state index in [1.165, 1.54) is 11.8 Å². The average molecular weight is 380 g/mol. The highest BCUT2D eigenvalue weighted by Gasteiger charge is 2.17. The molecule has 1 aliphatic heterocycles. The molecular formula is C17H22ClN5OS. The molecule has 1 aliphatic rings. The monoisotopic (exact) mass is 379 g/mol. The molecule has 2 aromatic rings. The highest BCUT2D eigenvalue weighted by molar-refractivity contribution is 7.98. The van der Waals surface area contributed by atoms with Crippen LogP contribution in [-0.4, -0.2) is 61.5 Å². The molecule has 0 radical (unpaired) electrons. The summed E-state index contributed by atoms with van der Waals surface area (Å²) >= 11 is 7.74. The van der Waals surface area contributed by atoms with Gasteiger partial charge in [-0.15, -0.1) is 0 Å². The van der Waals surface area contributed by atoms with Gasteiger partial charge in [0.2, 0.25) is 0 Å². The molecule has 8 heteroatoms. The van der Waals surface area contributed by atoms with Crippen molar-refractivity contribution < 1.29 is 4.74 Å². The maximum absolute atomic E-state index is 6.21. The summed E-state index contributed by atoms with van der Waals surface area (Å²) in [6.45, 7) is 4.01. The lowest BCUT2D eigenvalue weighted by molar-refractivity contribution is 0.312. The van der Waals surface area contributed by atoms with Gasteiger partial charge in [-0.1, -0.05) is 23.4 Å². The van der Waals surface area contributed by atoms with Gasteiger partial charge in [0.25, 0.3) is 0 Å². The van der Waals surface area contributed by atoms with Crippen LogP contribution in [0.4, 0.5) is 17.3 Å². The van der Waals surface area contributed by atoms with Crippen LogP contribution in [0.3, 0.4) is 0 Å². The Hall–Kier alpha value is -1.70. The number of thioether (sulfide) groups is 1. The third-order valence-corrected chi connectivity index (χ3v) is 4.97. The first-order valence-electron chi connectivity index (χ1n) is 8.06. The smallest absolute Gasteiger partial charge is 0.191 e. The number of rotatable bonds is 5. The first-order chi connectivity index (χ1) is 12.1. The Morgan fingerprint density at radius 3 is 2.56 bits per heavy atom. The summed E-state index contributed by atoms with van der Waals surface area (Å²) in [6.07, 6.45) is 1.98. The van der Waals surface area contributed by atoms with E-state index in [2.05, 4.69) is 32.1 Å². The van der Waals surface area contributed by atoms with Crippen molar-refractivity contribution in [3.63, 3.8) is 0 Å². The molecule has 0 unspecified atom stereocenters. The number of piperazine rings is 1. The van der Waals surface area contributed by atoms with Gasteiger partial charge in [0.05, 0.1) is 12.1 Å². The molecule has 134 valence electrons. The minimum absolute atomic E-state index is 0.561. The summed E-state index contributed by atoms with van der Waals surface area (Å²) in [7, 11) is 3.75. The quantitative estimate of drug-likeness (QED) is 0.631. The van der Waals surface area contributed by atoms with Gasteiger partial charge in [-0.2, -0.15) is 0 Å². The maximum atomic E-state index is 6.21. The van der Waals surface area contributed by atoms with Crippen LogP contribution in [0.2, 0.25) is 5.02 Å². The van der Waals surface area contributed by atoms with Crippen LogP contribution < -0.4 is 15.0 Å². The van der Waals surface area contributed by atoms with Crippen LogP contribution in [0.1, 0.15) is 0 Å². The van der Waals surface area contributed by atoms with E-state index in [1.807, 2.05) is 30.5 Å². The molecule has 6 nitrogen and oxygen atoms in total. The summed E-state index contributed by atoms with van der Waals surface area (Å²) in [5.41, 5.74) is 0.862. The number of benzene rings is 1. The van der Waals surface area contributed by atoms with E-state index < -0.39 is 0 Å². The van der Waals surface area contributed by atoms with Gasteiger partial charge in [-0.05, 0) is 31.5 Å². The molecule has 0 spiro atoms. The first kappa shape index (κ1) is 18.1. The molecule has 0 saturated carbocycles. The van der Waals surface area contributed by atoms with E-state index in [0.717, 1.165) is 48.7 Å². The van der Waals surface area contributed by atoms with Crippen LogP contribution in [0.5, 0.6) is 5.75 Å². The first-order valence-corrected chi connectivity index (χ1v) is 9.66. The van der Waals surface area contributed by atoms with Crippen LogP contribution in [0.25, 0.3) is 0 Å². The predicted molar refractivity (Wildman–Crippen MR) is 105 cm³/mol. The zero-order valence-corrected chi connectivity index (χ0v) is 16.2. The molecule has 0 amide bonds. The van der Waals surface area contributed by atoms with Crippen molar-refractivity contribution in [2.75, 3.05) is 56.8 Å². The standard InChI is InChI=1S/C17H22ClN5OS/c1-22-6-8-23(9-7-22)16-11-15(20-17(21-16)25-3)19-12-4-5-14(24-2)13(18)10-12/h4-5,10-11H,6-9H2,1-3H3,(H,19,20,21). The number of hydrogen-bond donors (Lipinski definition) is 1. The second-order valence-electron chi connectivity index (χ2n) is 5.86. The Bertz CT molecular complexity index is 737. The lowest BCUT2D eigenvalue weighted by Gasteiger charge is -2.33. The maximum Gasteiger partial charge on any atom is 0.191 e. The number of aromatic nitrogens is 2. The summed E-state index contributed by atoms with van der Waals surface area (Å²) < 4.78 is 5.19. The van der Waals surface area contributed by atoms with Crippen molar-refractivity contribution in [2.24, 2.45) is 0 Å². The van der Waals surface area contributed by atoms with Crippen molar-refractivity contribution in [3.8, 4) is 5.75 Å². The van der Waals surface area contributed by atoms with Crippen LogP contribution >= 0.6 is 23.4 Å². The van der Waals surface area contributed by atoms with Gasteiger partial charge in [0.15, 0.2) is 5.16 Å². The normalized spacial score (nSPS) is 15.3. The Labute approximate surface area is 157 Å². The Balaban J connectivity index is 1.83. The number of methoxy groups -OCH3 is 1. The second-order valence-corrected chi connectivity index (χ2v) is 7.04. The fourth-order valence-electron chi connectivity index (χ4n) is 2.66.